The maximum absolute atomic E-state index is 14.2. The standard InChI is InChI=1S/C27H27FN8O2.C18H17N3O3.C8H12FN5O/c1-37-24-7-3-6-21(15-24)32-19-4-2-5-20(14-19)33-23-9-8-22(29-16-23)17-31-35-27-30-18-25(28)26(34-27)36-10-12-38-13-11-36;1-23-17-7-3-6-15(11-17)20-13-4-2-5-14(10-13)21-16-8-9-18(24-22)19-12-16;9-6-5-11-8(13-10)12-7(6)14-1-3-15-4-2-14/h2-9,14-18,32-33H,10-13H2,1H3,(H,30,34,35);2-12,20-22H,1H3;5H,1-4,10H2,(H,11,12,13)/b31-17+;;. The van der Waals surface area contributed by atoms with Crippen molar-refractivity contribution in [2.75, 3.05) is 109 Å². The van der Waals surface area contributed by atoms with Crippen molar-refractivity contribution < 1.29 is 37.9 Å². The zero-order valence-electron chi connectivity index (χ0n) is 41.9. The molecule has 0 aliphatic carbocycles. The molecule has 0 atom stereocenters. The van der Waals surface area contributed by atoms with Gasteiger partial charge < -0.3 is 54.9 Å². The van der Waals surface area contributed by atoms with Crippen LogP contribution < -0.4 is 62.1 Å². The SMILES string of the molecule is COc1cccc(Nc2cccc(Nc3ccc(/C=N/Nc4ncc(F)c(N5CCOCC5)n4)nc3)c2)c1.COc1cccc(Nc2cccc(Nc3ccc(OO)nc3)c2)c1.NNc1ncc(F)c(N2CCOCC2)n1. The number of hydrogen-bond donors (Lipinski definition) is 8. The van der Waals surface area contributed by atoms with Crippen LogP contribution in [0.4, 0.5) is 77.8 Å². The van der Waals surface area contributed by atoms with Gasteiger partial charge in [0, 0.05) is 78.5 Å². The van der Waals surface area contributed by atoms with Crippen molar-refractivity contribution in [3.05, 3.63) is 163 Å². The summed E-state index contributed by atoms with van der Waals surface area (Å²) >= 11 is 0. The molecule has 8 aromatic rings. The van der Waals surface area contributed by atoms with Gasteiger partial charge in [-0.05, 0) is 78.9 Å². The lowest BCUT2D eigenvalue weighted by atomic mass is 10.2. The third-order valence-corrected chi connectivity index (χ3v) is 11.2. The first kappa shape index (κ1) is 53.8. The Morgan fingerprint density at radius 3 is 1.43 bits per heavy atom. The first-order valence-corrected chi connectivity index (χ1v) is 24.0. The predicted molar refractivity (Wildman–Crippen MR) is 293 cm³/mol. The van der Waals surface area contributed by atoms with Gasteiger partial charge in [0.2, 0.25) is 11.9 Å². The molecule has 2 fully saturated rings. The first-order chi connectivity index (χ1) is 37.7. The molecule has 2 saturated heterocycles. The van der Waals surface area contributed by atoms with Gasteiger partial charge >= 0.3 is 0 Å². The molecule has 0 amide bonds. The maximum Gasteiger partial charge on any atom is 0.256 e. The molecule has 0 bridgehead atoms. The second kappa shape index (κ2) is 27.7. The average Bonchev–Trinajstić information content (AvgIpc) is 3.48. The van der Waals surface area contributed by atoms with Crippen LogP contribution in [-0.4, -0.2) is 108 Å². The van der Waals surface area contributed by atoms with Crippen LogP contribution in [-0.2, 0) is 9.47 Å². The molecule has 10 rings (SSSR count). The fourth-order valence-corrected chi connectivity index (χ4v) is 7.47. The number of nitrogens with zero attached hydrogens (tertiary/aromatic N) is 9. The summed E-state index contributed by atoms with van der Waals surface area (Å²) in [5, 5.41) is 26.0. The highest BCUT2D eigenvalue weighted by Crippen LogP contribution is 2.28. The van der Waals surface area contributed by atoms with Gasteiger partial charge in [0.15, 0.2) is 23.3 Å². The molecular weight excluding hydrogens is 995 g/mol. The van der Waals surface area contributed by atoms with E-state index in [9.17, 15) is 8.78 Å². The molecule has 22 nitrogen and oxygen atoms in total. The van der Waals surface area contributed by atoms with E-state index in [1.807, 2.05) is 114 Å². The van der Waals surface area contributed by atoms with E-state index in [1.54, 1.807) is 49.9 Å². The lowest BCUT2D eigenvalue weighted by molar-refractivity contribution is -0.141. The van der Waals surface area contributed by atoms with Crippen molar-refractivity contribution in [3.63, 3.8) is 0 Å². The molecule has 77 heavy (non-hydrogen) atoms. The van der Waals surface area contributed by atoms with Gasteiger partial charge in [-0.3, -0.25) is 10.4 Å². The third-order valence-electron chi connectivity index (χ3n) is 11.2. The van der Waals surface area contributed by atoms with E-state index in [2.05, 4.69) is 72.0 Å². The number of hydrazone groups is 1. The topological polar surface area (TPSA) is 261 Å². The Morgan fingerprint density at radius 2 is 0.987 bits per heavy atom. The van der Waals surface area contributed by atoms with Crippen LogP contribution in [0.15, 0.2) is 151 Å². The number of nitrogens with one attached hydrogen (secondary N) is 6. The highest BCUT2D eigenvalue weighted by Gasteiger charge is 2.19. The monoisotopic (exact) mass is 1050 g/mol. The number of hydrogen-bond acceptors (Lipinski definition) is 22. The summed E-state index contributed by atoms with van der Waals surface area (Å²) in [7, 11) is 3.29. The number of morpholine rings is 2. The number of methoxy groups -OCH3 is 2. The fraction of sp³-hybridized carbons (Fsp3) is 0.189. The number of benzene rings is 4. The van der Waals surface area contributed by atoms with E-state index in [-0.39, 0.29) is 29.4 Å². The van der Waals surface area contributed by atoms with E-state index in [0.717, 1.165) is 69.4 Å². The van der Waals surface area contributed by atoms with E-state index in [0.29, 0.717) is 58.3 Å². The third kappa shape index (κ3) is 16.3. The molecule has 9 N–H and O–H groups in total. The van der Waals surface area contributed by atoms with Gasteiger partial charge in [-0.2, -0.15) is 15.1 Å². The summed E-state index contributed by atoms with van der Waals surface area (Å²) in [4.78, 5) is 31.9. The number of halogens is 2. The molecule has 398 valence electrons. The summed E-state index contributed by atoms with van der Waals surface area (Å²) in [5.41, 5.74) is 12.8. The number of pyridine rings is 2. The van der Waals surface area contributed by atoms with Crippen LogP contribution in [0.25, 0.3) is 0 Å². The lowest BCUT2D eigenvalue weighted by Gasteiger charge is -2.27. The Morgan fingerprint density at radius 1 is 0.545 bits per heavy atom. The number of ether oxygens (including phenoxy) is 4. The molecule has 2 aliphatic heterocycles. The van der Waals surface area contributed by atoms with E-state index in [1.165, 1.54) is 0 Å². The average molecular weight is 1050 g/mol. The van der Waals surface area contributed by atoms with Crippen LogP contribution in [0, 0.1) is 11.6 Å². The van der Waals surface area contributed by atoms with Crippen LogP contribution in [0.2, 0.25) is 0 Å². The molecule has 4 aromatic carbocycles. The predicted octanol–water partition coefficient (Wildman–Crippen LogP) is 8.96. The van der Waals surface area contributed by atoms with E-state index < -0.39 is 11.6 Å². The van der Waals surface area contributed by atoms with Crippen LogP contribution in [0.3, 0.4) is 0 Å². The summed E-state index contributed by atoms with van der Waals surface area (Å²) in [5.74, 6) is 6.87. The minimum atomic E-state index is -0.479. The Bertz CT molecular complexity index is 3150. The van der Waals surface area contributed by atoms with E-state index in [4.69, 9.17) is 30.0 Å². The van der Waals surface area contributed by atoms with Gasteiger partial charge in [0.05, 0.1) is 88.7 Å². The molecule has 2 aliphatic rings. The maximum atomic E-state index is 14.2. The number of anilines is 12. The number of nitrogens with two attached hydrogens (primary N) is 1. The molecule has 6 heterocycles. The van der Waals surface area contributed by atoms with Gasteiger partial charge in [-0.15, -0.1) is 0 Å². The van der Waals surface area contributed by atoms with Gasteiger partial charge in [-0.1, -0.05) is 24.3 Å². The molecule has 4 aromatic heterocycles. The summed E-state index contributed by atoms with van der Waals surface area (Å²) in [6, 6.07) is 38.3. The Hall–Kier alpha value is -9.49. The van der Waals surface area contributed by atoms with Crippen LogP contribution in [0.5, 0.6) is 17.4 Å². The summed E-state index contributed by atoms with van der Waals surface area (Å²) in [6.07, 6.45) is 7.08. The molecule has 0 unspecified atom stereocenters. The zero-order valence-corrected chi connectivity index (χ0v) is 41.9. The van der Waals surface area contributed by atoms with Crippen molar-refractivity contribution in [1.29, 1.82) is 0 Å². The van der Waals surface area contributed by atoms with Gasteiger partial charge in [0.25, 0.3) is 5.88 Å². The van der Waals surface area contributed by atoms with Crippen LogP contribution >= 0.6 is 0 Å². The largest absolute Gasteiger partial charge is 0.497 e. The van der Waals surface area contributed by atoms with Gasteiger partial charge in [0.1, 0.15) is 11.5 Å². The van der Waals surface area contributed by atoms with Crippen molar-refractivity contribution in [3.8, 4) is 17.4 Å². The molecular formula is C53H56F2N16O6. The molecule has 0 radical (unpaired) electrons. The molecule has 0 spiro atoms. The van der Waals surface area contributed by atoms with Crippen LogP contribution in [0.1, 0.15) is 5.69 Å². The van der Waals surface area contributed by atoms with E-state index >= 15 is 0 Å². The van der Waals surface area contributed by atoms with Crippen molar-refractivity contribution in [1.82, 2.24) is 29.9 Å². The Balaban J connectivity index is 0.000000170. The van der Waals surface area contributed by atoms with Crippen molar-refractivity contribution in [2.24, 2.45) is 10.9 Å². The smallest absolute Gasteiger partial charge is 0.256 e. The summed E-state index contributed by atoms with van der Waals surface area (Å²) < 4.78 is 48.6. The number of aromatic nitrogens is 6. The van der Waals surface area contributed by atoms with Crippen molar-refractivity contribution in [2.45, 2.75) is 0 Å². The fourth-order valence-electron chi connectivity index (χ4n) is 7.47. The summed E-state index contributed by atoms with van der Waals surface area (Å²) in [6.45, 7) is 4.62. The quantitative estimate of drug-likeness (QED) is 0.0183. The van der Waals surface area contributed by atoms with Crippen molar-refractivity contribution >= 4 is 75.2 Å². The highest BCUT2D eigenvalue weighted by molar-refractivity contribution is 5.78. The minimum absolute atomic E-state index is 0.147. The molecule has 0 saturated carbocycles. The number of hydrazine groups is 1. The minimum Gasteiger partial charge on any atom is -0.497 e. The lowest BCUT2D eigenvalue weighted by Crippen LogP contribution is -2.37. The first-order valence-electron chi connectivity index (χ1n) is 24.0. The zero-order chi connectivity index (χ0) is 53.6. The second-order valence-corrected chi connectivity index (χ2v) is 16.5. The van der Waals surface area contributed by atoms with Gasteiger partial charge in [-0.25, -0.2) is 40.3 Å². The number of rotatable bonds is 17. The Labute approximate surface area is 442 Å². The normalized spacial score (nSPS) is 13.0. The molecule has 24 heteroatoms. The Kier molecular flexibility index (Phi) is 19.4. The number of nitrogen functional groups attached to an aromatic ring is 1. The highest BCUT2D eigenvalue weighted by atomic mass is 19.1. The second-order valence-electron chi connectivity index (χ2n) is 16.5.